The van der Waals surface area contributed by atoms with Gasteiger partial charge in [-0.25, -0.2) is 0 Å². The van der Waals surface area contributed by atoms with Gasteiger partial charge in [0.2, 0.25) is 11.8 Å². The van der Waals surface area contributed by atoms with Crippen molar-refractivity contribution in [3.63, 3.8) is 0 Å². The number of fused-ring (bicyclic) bond motifs is 1. The van der Waals surface area contributed by atoms with Crippen molar-refractivity contribution in [1.82, 2.24) is 20.4 Å². The van der Waals surface area contributed by atoms with Crippen molar-refractivity contribution in [1.29, 1.82) is 0 Å². The summed E-state index contributed by atoms with van der Waals surface area (Å²) in [5, 5.41) is 8.17. The molecule has 2 saturated heterocycles. The number of nitrogens with one attached hydrogen (secondary N) is 2. The van der Waals surface area contributed by atoms with Crippen LogP contribution in [-0.4, -0.2) is 66.4 Å². The molecule has 148 valence electrons. The van der Waals surface area contributed by atoms with Crippen molar-refractivity contribution in [3.8, 4) is 0 Å². The second kappa shape index (κ2) is 8.29. The Morgan fingerprint density at radius 2 is 2.22 bits per heavy atom. The zero-order valence-corrected chi connectivity index (χ0v) is 16.8. The van der Waals surface area contributed by atoms with Crippen molar-refractivity contribution in [2.45, 2.75) is 56.8 Å². The van der Waals surface area contributed by atoms with Gasteiger partial charge in [-0.15, -0.1) is 11.3 Å². The van der Waals surface area contributed by atoms with E-state index in [4.69, 9.17) is 0 Å². The summed E-state index contributed by atoms with van der Waals surface area (Å²) >= 11 is 1.66. The quantitative estimate of drug-likeness (QED) is 0.739. The minimum atomic E-state index is -0.0201. The Morgan fingerprint density at radius 3 is 2.96 bits per heavy atom. The van der Waals surface area contributed by atoms with Gasteiger partial charge in [0, 0.05) is 43.0 Å². The lowest BCUT2D eigenvalue weighted by Gasteiger charge is -2.33. The van der Waals surface area contributed by atoms with Crippen molar-refractivity contribution in [2.75, 3.05) is 26.7 Å². The number of thiophene rings is 1. The molecule has 3 aliphatic rings. The molecule has 0 aromatic carbocycles. The number of likely N-dealkylation sites (tertiary alicyclic amines) is 1. The third kappa shape index (κ3) is 4.52. The van der Waals surface area contributed by atoms with E-state index < -0.39 is 0 Å². The van der Waals surface area contributed by atoms with Crippen LogP contribution < -0.4 is 10.6 Å². The Kier molecular flexibility index (Phi) is 5.80. The molecule has 0 unspecified atom stereocenters. The molecule has 3 heterocycles. The van der Waals surface area contributed by atoms with E-state index in [0.717, 1.165) is 31.8 Å². The third-order valence-corrected chi connectivity index (χ3v) is 7.16. The zero-order chi connectivity index (χ0) is 18.8. The summed E-state index contributed by atoms with van der Waals surface area (Å²) in [4.78, 5) is 30.9. The summed E-state index contributed by atoms with van der Waals surface area (Å²) in [5.41, 5.74) is 0. The van der Waals surface area contributed by atoms with Crippen molar-refractivity contribution < 1.29 is 9.59 Å². The lowest BCUT2D eigenvalue weighted by Crippen LogP contribution is -2.50. The highest BCUT2D eigenvalue weighted by atomic mass is 32.1. The summed E-state index contributed by atoms with van der Waals surface area (Å²) in [6.45, 7) is 3.32. The molecule has 1 aromatic rings. The summed E-state index contributed by atoms with van der Waals surface area (Å²) in [5.74, 6) is 1.06. The molecule has 1 aliphatic carbocycles. The number of rotatable bonds is 7. The number of amides is 2. The third-order valence-electron chi connectivity index (χ3n) is 6.28. The Labute approximate surface area is 165 Å². The molecule has 1 saturated carbocycles. The number of carbonyl (C=O) groups is 2. The van der Waals surface area contributed by atoms with Crippen LogP contribution in [0.4, 0.5) is 0 Å². The first-order valence-corrected chi connectivity index (χ1v) is 11.0. The summed E-state index contributed by atoms with van der Waals surface area (Å²) in [6.07, 6.45) is 4.95. The highest BCUT2D eigenvalue weighted by molar-refractivity contribution is 7.09. The molecule has 3 atom stereocenters. The van der Waals surface area contributed by atoms with Gasteiger partial charge < -0.3 is 10.6 Å². The predicted octanol–water partition coefficient (Wildman–Crippen LogP) is 1.43. The molecule has 2 aliphatic heterocycles. The van der Waals surface area contributed by atoms with Crippen LogP contribution in [0.2, 0.25) is 0 Å². The van der Waals surface area contributed by atoms with Gasteiger partial charge in [-0.2, -0.15) is 0 Å². The maximum Gasteiger partial charge on any atom is 0.239 e. The minimum Gasteiger partial charge on any atom is -0.353 e. The molecule has 6 nitrogen and oxygen atoms in total. The van der Waals surface area contributed by atoms with Gasteiger partial charge in [0.05, 0.1) is 6.54 Å². The molecular weight excluding hydrogens is 360 g/mol. The number of hydrogen-bond acceptors (Lipinski definition) is 5. The van der Waals surface area contributed by atoms with Gasteiger partial charge in [-0.1, -0.05) is 6.07 Å². The Balaban J connectivity index is 1.30. The molecule has 7 heteroatoms. The first-order valence-electron chi connectivity index (χ1n) is 10.1. The first-order chi connectivity index (χ1) is 13.1. The van der Waals surface area contributed by atoms with E-state index in [1.54, 1.807) is 11.3 Å². The van der Waals surface area contributed by atoms with E-state index in [2.05, 4.69) is 27.5 Å². The van der Waals surface area contributed by atoms with Crippen LogP contribution in [0.3, 0.4) is 0 Å². The SMILES string of the molecule is CN1[C@@H](CCC(=O)NCc2cccs2)CNC(=O)[C@@H]2[C@H]1CCN2CC1CC1. The van der Waals surface area contributed by atoms with Crippen molar-refractivity contribution >= 4 is 23.2 Å². The first kappa shape index (κ1) is 18.9. The molecule has 27 heavy (non-hydrogen) atoms. The summed E-state index contributed by atoms with van der Waals surface area (Å²) < 4.78 is 0. The molecule has 1 aromatic heterocycles. The molecule has 0 radical (unpaired) electrons. The zero-order valence-electron chi connectivity index (χ0n) is 16.0. The van der Waals surface area contributed by atoms with Crippen molar-refractivity contribution in [3.05, 3.63) is 22.4 Å². The van der Waals surface area contributed by atoms with E-state index in [1.165, 1.54) is 17.7 Å². The lowest BCUT2D eigenvalue weighted by atomic mass is 10.0. The van der Waals surface area contributed by atoms with Gasteiger partial charge in [0.25, 0.3) is 0 Å². The average molecular weight is 391 g/mol. The molecule has 0 spiro atoms. The average Bonchev–Trinajstić information content (AvgIpc) is 3.18. The second-order valence-corrected chi connectivity index (χ2v) is 9.23. The highest BCUT2D eigenvalue weighted by Crippen LogP contribution is 2.34. The summed E-state index contributed by atoms with van der Waals surface area (Å²) in [7, 11) is 2.13. The van der Waals surface area contributed by atoms with Crippen LogP contribution in [-0.2, 0) is 16.1 Å². The fourth-order valence-corrected chi connectivity index (χ4v) is 5.12. The van der Waals surface area contributed by atoms with Gasteiger partial charge >= 0.3 is 0 Å². The minimum absolute atomic E-state index is 0.0201. The maximum absolute atomic E-state index is 12.7. The number of nitrogens with zero attached hydrogens (tertiary/aromatic N) is 2. The van der Waals surface area contributed by atoms with E-state index in [1.807, 2.05) is 17.5 Å². The molecule has 4 rings (SSSR count). The number of carbonyl (C=O) groups excluding carboxylic acids is 2. The highest BCUT2D eigenvalue weighted by Gasteiger charge is 2.46. The molecule has 2 N–H and O–H groups in total. The lowest BCUT2D eigenvalue weighted by molar-refractivity contribution is -0.126. The van der Waals surface area contributed by atoms with Crippen molar-refractivity contribution in [2.24, 2.45) is 5.92 Å². The standard InChI is InChI=1S/C20H30N4O2S/c1-23-15(6-7-18(25)21-12-16-3-2-10-27-16)11-22-20(26)19-17(23)8-9-24(19)13-14-4-5-14/h2-3,10,14-15,17,19H,4-9,11-13H2,1H3,(H,21,25)(H,22,26)/t15-,17+,19-/m0/s1. The van der Waals surface area contributed by atoms with Crippen LogP contribution in [0, 0.1) is 5.92 Å². The molecular formula is C20H30N4O2S. The van der Waals surface area contributed by atoms with E-state index in [0.29, 0.717) is 19.5 Å². The van der Waals surface area contributed by atoms with Gasteiger partial charge in [-0.05, 0) is 50.1 Å². The van der Waals surface area contributed by atoms with E-state index in [-0.39, 0.29) is 29.9 Å². The van der Waals surface area contributed by atoms with E-state index >= 15 is 0 Å². The maximum atomic E-state index is 12.7. The second-order valence-electron chi connectivity index (χ2n) is 8.20. The Bertz CT molecular complexity index is 661. The van der Waals surface area contributed by atoms with Crippen LogP contribution in [0.5, 0.6) is 0 Å². The largest absolute Gasteiger partial charge is 0.353 e. The molecule has 0 bridgehead atoms. The van der Waals surface area contributed by atoms with Gasteiger partial charge in [-0.3, -0.25) is 19.4 Å². The topological polar surface area (TPSA) is 64.7 Å². The summed E-state index contributed by atoms with van der Waals surface area (Å²) in [6, 6.07) is 4.50. The van der Waals surface area contributed by atoms with Gasteiger partial charge in [0.15, 0.2) is 0 Å². The normalized spacial score (nSPS) is 29.2. The fraction of sp³-hybridized carbons (Fsp3) is 0.700. The Morgan fingerprint density at radius 1 is 1.37 bits per heavy atom. The smallest absolute Gasteiger partial charge is 0.239 e. The number of likely N-dealkylation sites (N-methyl/N-ethyl adjacent to an activating group) is 1. The van der Waals surface area contributed by atoms with Crippen LogP contribution in [0.25, 0.3) is 0 Å². The fourth-order valence-electron chi connectivity index (χ4n) is 4.47. The van der Waals surface area contributed by atoms with Gasteiger partial charge in [0.1, 0.15) is 6.04 Å². The van der Waals surface area contributed by atoms with Crippen LogP contribution in [0.15, 0.2) is 17.5 Å². The molecule has 2 amide bonds. The van der Waals surface area contributed by atoms with Crippen LogP contribution in [0.1, 0.15) is 37.0 Å². The van der Waals surface area contributed by atoms with Crippen LogP contribution >= 0.6 is 11.3 Å². The number of hydrogen-bond donors (Lipinski definition) is 2. The van der Waals surface area contributed by atoms with E-state index in [9.17, 15) is 9.59 Å². The predicted molar refractivity (Wildman–Crippen MR) is 106 cm³/mol. The monoisotopic (exact) mass is 390 g/mol. The molecule has 3 fully saturated rings. The Hall–Kier alpha value is -1.44.